The molecule has 0 saturated heterocycles. The molecule has 1 aliphatic heterocycles. The third-order valence-electron chi connectivity index (χ3n) is 9.28. The van der Waals surface area contributed by atoms with Crippen LogP contribution >= 0.6 is 0 Å². The summed E-state index contributed by atoms with van der Waals surface area (Å²) in [6, 6.07) is 40.7. The molecule has 0 atom stereocenters. The van der Waals surface area contributed by atoms with Crippen LogP contribution in [0.15, 0.2) is 144 Å². The van der Waals surface area contributed by atoms with Crippen molar-refractivity contribution in [2.45, 2.75) is 27.7 Å². The monoisotopic (exact) mass is 672 g/mol. The van der Waals surface area contributed by atoms with E-state index in [-0.39, 0.29) is 0 Å². The van der Waals surface area contributed by atoms with Gasteiger partial charge in [0.15, 0.2) is 0 Å². The second-order valence-electron chi connectivity index (χ2n) is 12.8. The van der Waals surface area contributed by atoms with Gasteiger partial charge in [-0.05, 0) is 85.4 Å². The van der Waals surface area contributed by atoms with E-state index in [1.807, 2.05) is 149 Å². The number of hydrogen-bond donors (Lipinski definition) is 0. The van der Waals surface area contributed by atoms with Crippen LogP contribution in [0.25, 0.3) is 33.5 Å². The lowest BCUT2D eigenvalue weighted by Crippen LogP contribution is -2.19. The summed E-state index contributed by atoms with van der Waals surface area (Å²) >= 11 is 0. The number of aryl methyl sites for hydroxylation is 4. The maximum Gasteiger partial charge on any atom is 0.678 e. The lowest BCUT2D eigenvalue weighted by molar-refractivity contribution is -0.120. The van der Waals surface area contributed by atoms with Gasteiger partial charge in [0.1, 0.15) is 5.75 Å². The van der Waals surface area contributed by atoms with Gasteiger partial charge in [-0.25, -0.2) is 4.99 Å². The molecule has 0 fully saturated rings. The van der Waals surface area contributed by atoms with E-state index in [9.17, 15) is 4.79 Å². The number of carbonyl (C=O) groups is 1. The highest BCUT2D eigenvalue weighted by atomic mass is 19.2. The Kier molecular flexibility index (Phi) is 9.20. The molecule has 7 heteroatoms. The fourth-order valence-electron chi connectivity index (χ4n) is 6.88. The van der Waals surface area contributed by atoms with Crippen LogP contribution in [0.2, 0.25) is 0 Å². The first-order valence-corrected chi connectivity index (χ1v) is 16.8. The average Bonchev–Trinajstić information content (AvgIpc) is 3.75. The first-order chi connectivity index (χ1) is 24.7. The Morgan fingerprint density at radius 2 is 1.24 bits per heavy atom. The van der Waals surface area contributed by atoms with Crippen LogP contribution in [0.3, 0.4) is 0 Å². The summed E-state index contributed by atoms with van der Waals surface area (Å²) in [4.78, 5) is 16.7. The van der Waals surface area contributed by atoms with Crippen LogP contribution in [-0.4, -0.2) is 24.1 Å². The molecule has 0 bridgehead atoms. The summed E-state index contributed by atoms with van der Waals surface area (Å²) in [5.74, 6) is 0.370. The minimum Gasteiger partial charge on any atom is -0.429 e. The number of aromatic nitrogens is 1. The standard InChI is InChI=1S/C44H35BF2N2O2/c1-28-15-19-34(20-16-28)39-25-37(32-11-7-5-8-12-32)43(48-39)42(41-30(3)23-36(51-27-50)24-31(41)4)44-38(33-13-9-6-10-14-33)26-40(49(44)45(46)47)35-21-17-29(2)18-22-35/h5-27H,1-4H3/b43-42-. The topological polar surface area (TPSA) is 43.6 Å². The maximum absolute atomic E-state index is 15.9. The SMILES string of the molecule is Cc1ccc(C2=N/C(=C(/c3c(C)cc(OC=O)cc3C)c3c(-c4ccccc4)cc(-c4ccc(C)cc4)n3B(F)F)C(c3ccccc3)=C2)cc1. The first kappa shape index (κ1) is 33.4. The first-order valence-electron chi connectivity index (χ1n) is 16.8. The van der Waals surface area contributed by atoms with E-state index in [2.05, 4.69) is 0 Å². The lowest BCUT2D eigenvalue weighted by atomic mass is 9.86. The zero-order valence-electron chi connectivity index (χ0n) is 28.8. The number of halogens is 2. The minimum atomic E-state index is -2.89. The lowest BCUT2D eigenvalue weighted by Gasteiger charge is -2.22. The molecular formula is C44H35BF2N2O2. The van der Waals surface area contributed by atoms with E-state index < -0.39 is 7.40 Å². The Labute approximate surface area is 297 Å². The van der Waals surface area contributed by atoms with Gasteiger partial charge in [-0.15, -0.1) is 0 Å². The third-order valence-corrected chi connectivity index (χ3v) is 9.28. The molecule has 0 radical (unpaired) electrons. The molecule has 0 amide bonds. The van der Waals surface area contributed by atoms with Crippen molar-refractivity contribution in [2.75, 3.05) is 0 Å². The fraction of sp³-hybridized carbons (Fsp3) is 0.0909. The molecule has 250 valence electrons. The molecule has 1 aliphatic rings. The number of aliphatic imine (C=N–C) groups is 1. The molecule has 0 unspecified atom stereocenters. The van der Waals surface area contributed by atoms with Crippen LogP contribution in [-0.2, 0) is 4.79 Å². The smallest absolute Gasteiger partial charge is 0.429 e. The van der Waals surface area contributed by atoms with Crippen molar-refractivity contribution in [3.05, 3.63) is 184 Å². The number of benzene rings is 5. The van der Waals surface area contributed by atoms with E-state index >= 15 is 8.63 Å². The molecule has 0 aliphatic carbocycles. The van der Waals surface area contributed by atoms with Crippen LogP contribution in [0.5, 0.6) is 5.75 Å². The van der Waals surface area contributed by atoms with E-state index in [1.165, 1.54) is 0 Å². The number of nitrogens with zero attached hydrogens (tertiary/aromatic N) is 2. The van der Waals surface area contributed by atoms with E-state index in [0.29, 0.717) is 46.0 Å². The normalized spacial score (nSPS) is 13.5. The highest BCUT2D eigenvalue weighted by Crippen LogP contribution is 2.47. The van der Waals surface area contributed by atoms with E-state index in [4.69, 9.17) is 9.73 Å². The van der Waals surface area contributed by atoms with Crippen molar-refractivity contribution >= 4 is 30.7 Å². The van der Waals surface area contributed by atoms with Gasteiger partial charge in [0.2, 0.25) is 0 Å². The number of rotatable bonds is 9. The summed E-state index contributed by atoms with van der Waals surface area (Å²) < 4.78 is 38.3. The summed E-state index contributed by atoms with van der Waals surface area (Å²) in [6.45, 7) is 8.22. The van der Waals surface area contributed by atoms with Gasteiger partial charge in [0.05, 0.1) is 17.1 Å². The van der Waals surface area contributed by atoms with E-state index in [1.54, 1.807) is 12.1 Å². The molecule has 1 aromatic heterocycles. The summed E-state index contributed by atoms with van der Waals surface area (Å²) in [6.07, 6.45) is 2.04. The van der Waals surface area contributed by atoms with Crippen LogP contribution in [0.1, 0.15) is 44.6 Å². The number of ether oxygens (including phenoxy) is 1. The number of carbonyl (C=O) groups excluding carboxylic acids is 1. The molecule has 5 aromatic carbocycles. The Bertz CT molecular complexity index is 2320. The molecular weight excluding hydrogens is 637 g/mol. The molecule has 0 saturated carbocycles. The maximum atomic E-state index is 15.9. The number of hydrogen-bond acceptors (Lipinski definition) is 3. The molecule has 7 rings (SSSR count). The summed E-state index contributed by atoms with van der Waals surface area (Å²) in [7, 11) is -2.89. The fourth-order valence-corrected chi connectivity index (χ4v) is 6.88. The van der Waals surface area contributed by atoms with Crippen molar-refractivity contribution in [3.63, 3.8) is 0 Å². The second kappa shape index (κ2) is 14.0. The van der Waals surface area contributed by atoms with Crippen molar-refractivity contribution in [1.82, 2.24) is 4.48 Å². The Morgan fingerprint density at radius 1 is 0.686 bits per heavy atom. The van der Waals surface area contributed by atoms with Crippen molar-refractivity contribution in [1.29, 1.82) is 0 Å². The highest BCUT2D eigenvalue weighted by molar-refractivity contribution is 6.42. The predicted molar refractivity (Wildman–Crippen MR) is 204 cm³/mol. The average molecular weight is 673 g/mol. The Balaban J connectivity index is 1.67. The van der Waals surface area contributed by atoms with Crippen LogP contribution in [0.4, 0.5) is 8.63 Å². The summed E-state index contributed by atoms with van der Waals surface area (Å²) in [5, 5.41) is 0. The van der Waals surface area contributed by atoms with E-state index in [0.717, 1.165) is 60.3 Å². The largest absolute Gasteiger partial charge is 0.678 e. The summed E-state index contributed by atoms with van der Waals surface area (Å²) in [5.41, 5.74) is 11.7. The van der Waals surface area contributed by atoms with Crippen molar-refractivity contribution in [2.24, 2.45) is 4.99 Å². The van der Waals surface area contributed by atoms with Gasteiger partial charge in [0, 0.05) is 28.0 Å². The van der Waals surface area contributed by atoms with Crippen LogP contribution in [0, 0.1) is 27.7 Å². The zero-order valence-corrected chi connectivity index (χ0v) is 28.8. The molecule has 0 spiro atoms. The van der Waals surface area contributed by atoms with Gasteiger partial charge in [-0.3, -0.25) is 13.4 Å². The van der Waals surface area contributed by atoms with Gasteiger partial charge in [-0.1, -0.05) is 120 Å². The minimum absolute atomic E-state index is 0.341. The third kappa shape index (κ3) is 6.51. The molecule has 6 aromatic rings. The highest BCUT2D eigenvalue weighted by Gasteiger charge is 2.34. The predicted octanol–water partition coefficient (Wildman–Crippen LogP) is 10.7. The second-order valence-corrected chi connectivity index (χ2v) is 12.8. The molecule has 51 heavy (non-hydrogen) atoms. The molecule has 4 nitrogen and oxygen atoms in total. The number of allylic oxidation sites excluding steroid dienone is 2. The van der Waals surface area contributed by atoms with Crippen LogP contribution < -0.4 is 4.74 Å². The molecule has 2 heterocycles. The Hall–Kier alpha value is -6.08. The van der Waals surface area contributed by atoms with Crippen molar-refractivity contribution in [3.8, 4) is 28.1 Å². The van der Waals surface area contributed by atoms with Gasteiger partial charge >= 0.3 is 7.40 Å². The van der Waals surface area contributed by atoms with Gasteiger partial charge in [0.25, 0.3) is 6.47 Å². The zero-order chi connectivity index (χ0) is 35.6. The quantitative estimate of drug-likeness (QED) is 0.113. The van der Waals surface area contributed by atoms with Gasteiger partial charge < -0.3 is 9.21 Å². The van der Waals surface area contributed by atoms with Gasteiger partial charge in [-0.2, -0.15) is 0 Å². The molecule has 0 N–H and O–H groups in total. The Morgan fingerprint density at radius 3 is 1.78 bits per heavy atom. The van der Waals surface area contributed by atoms with Crippen molar-refractivity contribution < 1.29 is 18.2 Å².